The summed E-state index contributed by atoms with van der Waals surface area (Å²) < 4.78 is 0. The Labute approximate surface area is 108 Å². The number of thiocarbonyl (C=S) groups is 1. The molecule has 0 bridgehead atoms. The topological polar surface area (TPSA) is 38.0 Å². The molecule has 0 saturated carbocycles. The third-order valence-corrected chi connectivity index (χ3v) is 3.52. The highest BCUT2D eigenvalue weighted by Crippen LogP contribution is 2.28. The number of nitrogens with two attached hydrogens (primary N) is 1. The molecule has 17 heavy (non-hydrogen) atoms. The van der Waals surface area contributed by atoms with Gasteiger partial charge in [-0.15, -0.1) is 0 Å². The molecular weight excluding hydrogens is 228 g/mol. The second-order valence-corrected chi connectivity index (χ2v) is 4.77. The molecule has 0 saturated heterocycles. The van der Waals surface area contributed by atoms with Crippen LogP contribution in [0.5, 0.6) is 0 Å². The molecule has 0 spiro atoms. The van der Waals surface area contributed by atoms with Crippen LogP contribution in [0.25, 0.3) is 0 Å². The largest absolute Gasteiger partial charge is 0.403 e. The predicted octanol–water partition coefficient (Wildman–Crippen LogP) is 2.53. The van der Waals surface area contributed by atoms with Gasteiger partial charge in [0.25, 0.3) is 0 Å². The van der Waals surface area contributed by atoms with Gasteiger partial charge in [0.15, 0.2) is 0 Å². The molecule has 1 aromatic rings. The van der Waals surface area contributed by atoms with Gasteiger partial charge in [-0.1, -0.05) is 36.5 Å². The highest BCUT2D eigenvalue weighted by atomic mass is 32.1. The predicted molar refractivity (Wildman–Crippen MR) is 75.6 cm³/mol. The molecule has 1 atom stereocenters. The molecule has 90 valence electrons. The number of fused-ring (bicyclic) bond motifs is 1. The van der Waals surface area contributed by atoms with Crippen LogP contribution in [0.4, 0.5) is 0 Å². The van der Waals surface area contributed by atoms with Crippen molar-refractivity contribution >= 4 is 17.7 Å². The van der Waals surface area contributed by atoms with Crippen LogP contribution in [0.2, 0.25) is 0 Å². The van der Waals surface area contributed by atoms with Crippen molar-refractivity contribution < 1.29 is 0 Å². The van der Waals surface area contributed by atoms with Crippen LogP contribution in [0.15, 0.2) is 36.2 Å². The molecule has 1 aliphatic carbocycles. The molecule has 0 heterocycles. The molecule has 0 aliphatic heterocycles. The molecule has 1 aromatic carbocycles. The summed E-state index contributed by atoms with van der Waals surface area (Å²) in [4.78, 5) is 0. The second-order valence-electron chi connectivity index (χ2n) is 4.54. The summed E-state index contributed by atoms with van der Waals surface area (Å²) in [5.41, 5.74) is 11.1. The molecule has 2 rings (SSSR count). The van der Waals surface area contributed by atoms with Crippen LogP contribution in [0.3, 0.4) is 0 Å². The van der Waals surface area contributed by atoms with Gasteiger partial charge in [-0.25, -0.2) is 0 Å². The maximum atomic E-state index is 5.58. The van der Waals surface area contributed by atoms with Crippen molar-refractivity contribution in [3.8, 4) is 0 Å². The van der Waals surface area contributed by atoms with Crippen LogP contribution in [0.1, 0.15) is 24.0 Å². The maximum Gasteiger partial charge on any atom is 0.0656 e. The Hall–Kier alpha value is -1.35. The minimum atomic E-state index is 0.669. The van der Waals surface area contributed by atoms with E-state index in [0.717, 1.165) is 18.5 Å². The molecule has 2 nitrogen and oxygen atoms in total. The molecule has 0 fully saturated rings. The van der Waals surface area contributed by atoms with Crippen LogP contribution in [-0.2, 0) is 12.8 Å². The zero-order chi connectivity index (χ0) is 12.1. The van der Waals surface area contributed by atoms with Crippen molar-refractivity contribution in [2.45, 2.75) is 25.7 Å². The molecule has 0 radical (unpaired) electrons. The molecule has 1 unspecified atom stereocenters. The third-order valence-electron chi connectivity index (χ3n) is 3.40. The van der Waals surface area contributed by atoms with Gasteiger partial charge in [0.1, 0.15) is 0 Å². The Morgan fingerprint density at radius 3 is 2.88 bits per heavy atom. The van der Waals surface area contributed by atoms with Gasteiger partial charge in [0.05, 0.1) is 5.49 Å². The number of aryl methyl sites for hydroxylation is 1. The summed E-state index contributed by atoms with van der Waals surface area (Å²) in [6.45, 7) is 0. The fourth-order valence-corrected chi connectivity index (χ4v) is 2.66. The summed E-state index contributed by atoms with van der Waals surface area (Å²) in [5.74, 6) is 0.669. The number of nitrogens with one attached hydrogen (secondary N) is 1. The average Bonchev–Trinajstić information content (AvgIpc) is 2.38. The average molecular weight is 246 g/mol. The quantitative estimate of drug-likeness (QED) is 0.802. The van der Waals surface area contributed by atoms with E-state index < -0.39 is 0 Å². The third kappa shape index (κ3) is 3.07. The van der Waals surface area contributed by atoms with E-state index in [2.05, 4.69) is 29.6 Å². The molecule has 3 N–H and O–H groups in total. The van der Waals surface area contributed by atoms with Gasteiger partial charge >= 0.3 is 0 Å². The lowest BCUT2D eigenvalue weighted by Gasteiger charge is -2.25. The summed E-state index contributed by atoms with van der Waals surface area (Å²) in [6, 6.07) is 8.72. The number of benzene rings is 1. The summed E-state index contributed by atoms with van der Waals surface area (Å²) in [6.07, 6.45) is 6.16. The zero-order valence-electron chi connectivity index (χ0n) is 9.86. The van der Waals surface area contributed by atoms with Crippen LogP contribution in [-0.4, -0.2) is 5.49 Å². The lowest BCUT2D eigenvalue weighted by molar-refractivity contribution is 0.449. The van der Waals surface area contributed by atoms with Crippen molar-refractivity contribution in [3.05, 3.63) is 47.3 Å². The van der Waals surface area contributed by atoms with Crippen LogP contribution < -0.4 is 11.1 Å². The standard InChI is InChI=1S/C14H18N2S/c15-9-14(16-10-17)8-11-5-6-12-3-1-2-4-13(12)7-11/h1-4,9-11H,5-8,15H2,(H,16,17)/b14-9-. The Bertz CT molecular complexity index is 426. The first-order valence-corrected chi connectivity index (χ1v) is 6.48. The monoisotopic (exact) mass is 246 g/mol. The summed E-state index contributed by atoms with van der Waals surface area (Å²) in [5, 5.41) is 3.03. The van der Waals surface area contributed by atoms with Crippen molar-refractivity contribution in [2.75, 3.05) is 0 Å². The van der Waals surface area contributed by atoms with E-state index in [1.54, 1.807) is 6.20 Å². The van der Waals surface area contributed by atoms with Gasteiger partial charge in [0.2, 0.25) is 0 Å². The highest BCUT2D eigenvalue weighted by molar-refractivity contribution is 7.78. The van der Waals surface area contributed by atoms with Crippen molar-refractivity contribution in [1.29, 1.82) is 0 Å². The molecule has 1 aliphatic rings. The number of rotatable bonds is 4. The van der Waals surface area contributed by atoms with E-state index in [-0.39, 0.29) is 0 Å². The highest BCUT2D eigenvalue weighted by Gasteiger charge is 2.18. The summed E-state index contributed by atoms with van der Waals surface area (Å²) in [7, 11) is 0. The maximum absolute atomic E-state index is 5.58. The van der Waals surface area contributed by atoms with Gasteiger partial charge in [0, 0.05) is 11.9 Å². The first-order valence-electron chi connectivity index (χ1n) is 6.01. The normalized spacial score (nSPS) is 19.5. The van der Waals surface area contributed by atoms with Crippen LogP contribution in [0, 0.1) is 5.92 Å². The van der Waals surface area contributed by atoms with Crippen molar-refractivity contribution in [1.82, 2.24) is 5.32 Å². The zero-order valence-corrected chi connectivity index (χ0v) is 10.7. The SMILES string of the molecule is N/C=C(/CC1CCc2ccccc2C1)NC=S. The Balaban J connectivity index is 2.00. The fraction of sp³-hybridized carbons (Fsp3) is 0.357. The van der Waals surface area contributed by atoms with Gasteiger partial charge in [-0.2, -0.15) is 0 Å². The Kier molecular flexibility index (Phi) is 4.15. The van der Waals surface area contributed by atoms with E-state index in [1.807, 2.05) is 0 Å². The minimum Gasteiger partial charge on any atom is -0.403 e. The lowest BCUT2D eigenvalue weighted by Crippen LogP contribution is -2.20. The lowest BCUT2D eigenvalue weighted by atomic mass is 9.82. The Morgan fingerprint density at radius 1 is 1.41 bits per heavy atom. The Morgan fingerprint density at radius 2 is 2.18 bits per heavy atom. The van der Waals surface area contributed by atoms with E-state index in [0.29, 0.717) is 5.92 Å². The number of hydrogen-bond donors (Lipinski definition) is 2. The van der Waals surface area contributed by atoms with E-state index in [9.17, 15) is 0 Å². The van der Waals surface area contributed by atoms with E-state index in [1.165, 1.54) is 29.5 Å². The molecular formula is C14H18N2S. The first-order chi connectivity index (χ1) is 8.33. The van der Waals surface area contributed by atoms with Gasteiger partial charge < -0.3 is 11.1 Å². The minimum absolute atomic E-state index is 0.669. The van der Waals surface area contributed by atoms with Crippen molar-refractivity contribution in [2.24, 2.45) is 11.7 Å². The molecule has 3 heteroatoms. The number of allylic oxidation sites excluding steroid dienone is 1. The van der Waals surface area contributed by atoms with E-state index >= 15 is 0 Å². The van der Waals surface area contributed by atoms with E-state index in [4.69, 9.17) is 18.0 Å². The van der Waals surface area contributed by atoms with Crippen LogP contribution >= 0.6 is 12.2 Å². The smallest absolute Gasteiger partial charge is 0.0656 e. The second kappa shape index (κ2) is 5.82. The number of hydrogen-bond acceptors (Lipinski definition) is 2. The fourth-order valence-electron chi connectivity index (χ4n) is 2.51. The van der Waals surface area contributed by atoms with Gasteiger partial charge in [-0.05, 0) is 42.7 Å². The van der Waals surface area contributed by atoms with Crippen molar-refractivity contribution in [3.63, 3.8) is 0 Å². The molecule has 0 aromatic heterocycles. The summed E-state index contributed by atoms with van der Waals surface area (Å²) >= 11 is 4.79. The van der Waals surface area contributed by atoms with Gasteiger partial charge in [-0.3, -0.25) is 0 Å². The molecule has 0 amide bonds. The first kappa shape index (κ1) is 12.1.